The van der Waals surface area contributed by atoms with Crippen molar-refractivity contribution in [2.24, 2.45) is 0 Å². The van der Waals surface area contributed by atoms with Crippen molar-refractivity contribution in [3.05, 3.63) is 58.9 Å². The Kier molecular flexibility index (Phi) is 3.05. The third-order valence-corrected chi connectivity index (χ3v) is 3.86. The molecule has 3 aromatic rings. The van der Waals surface area contributed by atoms with Gasteiger partial charge in [-0.05, 0) is 19.1 Å². The second-order valence-corrected chi connectivity index (χ2v) is 5.19. The number of imidazole rings is 1. The Morgan fingerprint density at radius 1 is 1.37 bits per heavy atom. The van der Waals surface area contributed by atoms with Crippen LogP contribution in [0.15, 0.2) is 42.0 Å². The summed E-state index contributed by atoms with van der Waals surface area (Å²) in [7, 11) is 0. The zero-order valence-corrected chi connectivity index (χ0v) is 11.3. The van der Waals surface area contributed by atoms with E-state index in [0.29, 0.717) is 12.1 Å². The summed E-state index contributed by atoms with van der Waals surface area (Å²) in [6.07, 6.45) is 3.66. The zero-order valence-electron chi connectivity index (χ0n) is 10.5. The van der Waals surface area contributed by atoms with E-state index in [9.17, 15) is 4.79 Å². The molecule has 1 N–H and O–H groups in total. The lowest BCUT2D eigenvalue weighted by Crippen LogP contribution is -2.23. The van der Waals surface area contributed by atoms with Crippen LogP contribution in [-0.2, 0) is 6.54 Å². The van der Waals surface area contributed by atoms with Gasteiger partial charge in [-0.25, -0.2) is 4.98 Å². The Bertz CT molecular complexity index is 712. The fraction of sp³-hybridized carbons (Fsp3) is 0.143. The van der Waals surface area contributed by atoms with Gasteiger partial charge in [-0.1, -0.05) is 17.7 Å². The van der Waals surface area contributed by atoms with E-state index in [1.165, 1.54) is 0 Å². The predicted molar refractivity (Wildman–Crippen MR) is 75.4 cm³/mol. The summed E-state index contributed by atoms with van der Waals surface area (Å²) in [5.74, 6) is -0.0561. The molecule has 1 aromatic carbocycles. The minimum atomic E-state index is -0.0561. The summed E-state index contributed by atoms with van der Waals surface area (Å²) in [5, 5.41) is 4.93. The number of rotatable bonds is 3. The fourth-order valence-corrected chi connectivity index (χ4v) is 2.73. The maximum atomic E-state index is 12.0. The minimum absolute atomic E-state index is 0.0561. The average Bonchev–Trinajstić information content (AvgIpc) is 3.00. The molecule has 19 heavy (non-hydrogen) atoms. The van der Waals surface area contributed by atoms with Crippen molar-refractivity contribution < 1.29 is 4.79 Å². The number of thiazole rings is 1. The highest BCUT2D eigenvalue weighted by Crippen LogP contribution is 2.14. The van der Waals surface area contributed by atoms with E-state index >= 15 is 0 Å². The van der Waals surface area contributed by atoms with Crippen molar-refractivity contribution in [3.8, 4) is 0 Å². The van der Waals surface area contributed by atoms with E-state index in [4.69, 9.17) is 0 Å². The molecule has 2 aromatic heterocycles. The molecule has 0 fully saturated rings. The number of fused-ring (bicyclic) bond motifs is 1. The van der Waals surface area contributed by atoms with Crippen LogP contribution in [0, 0.1) is 6.92 Å². The van der Waals surface area contributed by atoms with Crippen LogP contribution in [0.4, 0.5) is 0 Å². The standard InChI is InChI=1S/C14H13N3OS/c1-10-2-4-11(5-3-10)13(18)16-8-12-9-19-14-15-6-7-17(12)14/h2-7,9H,8H2,1H3,(H,16,18). The first-order valence-electron chi connectivity index (χ1n) is 5.98. The summed E-state index contributed by atoms with van der Waals surface area (Å²) in [6.45, 7) is 2.51. The Balaban J connectivity index is 1.71. The second kappa shape index (κ2) is 4.85. The van der Waals surface area contributed by atoms with Crippen molar-refractivity contribution in [1.29, 1.82) is 0 Å². The lowest BCUT2D eigenvalue weighted by molar-refractivity contribution is 0.0950. The number of amides is 1. The molecule has 0 aliphatic heterocycles. The van der Waals surface area contributed by atoms with Crippen molar-refractivity contribution in [2.45, 2.75) is 13.5 Å². The van der Waals surface area contributed by atoms with Gasteiger partial charge in [0.1, 0.15) is 0 Å². The number of benzene rings is 1. The van der Waals surface area contributed by atoms with Gasteiger partial charge in [-0.15, -0.1) is 11.3 Å². The van der Waals surface area contributed by atoms with Crippen LogP contribution in [0.25, 0.3) is 4.96 Å². The SMILES string of the molecule is Cc1ccc(C(=O)NCc2csc3nccn23)cc1. The van der Waals surface area contributed by atoms with Crippen LogP contribution >= 0.6 is 11.3 Å². The maximum absolute atomic E-state index is 12.0. The lowest BCUT2D eigenvalue weighted by atomic mass is 10.1. The number of nitrogens with one attached hydrogen (secondary N) is 1. The molecule has 0 spiro atoms. The summed E-state index contributed by atoms with van der Waals surface area (Å²) in [4.78, 5) is 17.1. The smallest absolute Gasteiger partial charge is 0.251 e. The molecule has 0 saturated heterocycles. The third kappa shape index (κ3) is 2.37. The molecule has 4 nitrogen and oxygen atoms in total. The molecule has 1 amide bonds. The summed E-state index contributed by atoms with van der Waals surface area (Å²) in [6, 6.07) is 7.55. The van der Waals surface area contributed by atoms with E-state index in [0.717, 1.165) is 16.2 Å². The number of aromatic nitrogens is 2. The minimum Gasteiger partial charge on any atom is -0.346 e. The number of hydrogen-bond acceptors (Lipinski definition) is 3. The molecule has 0 bridgehead atoms. The van der Waals surface area contributed by atoms with E-state index in [1.807, 2.05) is 47.2 Å². The van der Waals surface area contributed by atoms with Gasteiger partial charge in [0, 0.05) is 23.3 Å². The highest BCUT2D eigenvalue weighted by molar-refractivity contribution is 7.15. The van der Waals surface area contributed by atoms with E-state index < -0.39 is 0 Å². The van der Waals surface area contributed by atoms with Crippen molar-refractivity contribution >= 4 is 22.2 Å². The molecule has 96 valence electrons. The Labute approximate surface area is 114 Å². The number of nitrogens with zero attached hydrogens (tertiary/aromatic N) is 2. The number of carbonyl (C=O) groups excluding carboxylic acids is 1. The van der Waals surface area contributed by atoms with Gasteiger partial charge in [0.05, 0.1) is 12.2 Å². The van der Waals surface area contributed by atoms with Gasteiger partial charge < -0.3 is 5.32 Å². The average molecular weight is 271 g/mol. The van der Waals surface area contributed by atoms with E-state index in [1.54, 1.807) is 17.5 Å². The van der Waals surface area contributed by atoms with E-state index in [2.05, 4.69) is 10.3 Å². The summed E-state index contributed by atoms with van der Waals surface area (Å²) < 4.78 is 1.99. The predicted octanol–water partition coefficient (Wildman–Crippen LogP) is 2.63. The molecule has 3 rings (SSSR count). The topological polar surface area (TPSA) is 46.4 Å². The van der Waals surface area contributed by atoms with Crippen LogP contribution in [0.3, 0.4) is 0 Å². The van der Waals surface area contributed by atoms with Gasteiger partial charge in [-0.3, -0.25) is 9.20 Å². The van der Waals surface area contributed by atoms with Gasteiger partial charge in [-0.2, -0.15) is 0 Å². The maximum Gasteiger partial charge on any atom is 0.251 e. The van der Waals surface area contributed by atoms with Crippen molar-refractivity contribution in [1.82, 2.24) is 14.7 Å². The number of carbonyl (C=O) groups is 1. The number of hydrogen-bond donors (Lipinski definition) is 1. The van der Waals surface area contributed by atoms with Crippen LogP contribution in [0.2, 0.25) is 0 Å². The largest absolute Gasteiger partial charge is 0.346 e. The van der Waals surface area contributed by atoms with Crippen LogP contribution in [0.5, 0.6) is 0 Å². The molecule has 0 aliphatic rings. The number of aryl methyl sites for hydroxylation is 1. The molecule has 5 heteroatoms. The Morgan fingerprint density at radius 2 is 2.16 bits per heavy atom. The van der Waals surface area contributed by atoms with Crippen LogP contribution in [0.1, 0.15) is 21.6 Å². The Morgan fingerprint density at radius 3 is 2.95 bits per heavy atom. The molecule has 0 saturated carbocycles. The van der Waals surface area contributed by atoms with Crippen LogP contribution < -0.4 is 5.32 Å². The van der Waals surface area contributed by atoms with Crippen LogP contribution in [-0.4, -0.2) is 15.3 Å². The Hall–Kier alpha value is -2.14. The molecule has 0 atom stereocenters. The fourth-order valence-electron chi connectivity index (χ4n) is 1.88. The monoisotopic (exact) mass is 271 g/mol. The van der Waals surface area contributed by atoms with Gasteiger partial charge in [0.25, 0.3) is 5.91 Å². The normalized spacial score (nSPS) is 10.8. The van der Waals surface area contributed by atoms with Crippen molar-refractivity contribution in [3.63, 3.8) is 0 Å². The molecule has 2 heterocycles. The molecule has 0 radical (unpaired) electrons. The summed E-state index contributed by atoms with van der Waals surface area (Å²) >= 11 is 1.57. The first-order valence-corrected chi connectivity index (χ1v) is 6.86. The molecular formula is C14H13N3OS. The molecule has 0 unspecified atom stereocenters. The van der Waals surface area contributed by atoms with E-state index in [-0.39, 0.29) is 5.91 Å². The second-order valence-electron chi connectivity index (χ2n) is 4.36. The van der Waals surface area contributed by atoms with Gasteiger partial charge in [0.2, 0.25) is 0 Å². The third-order valence-electron chi connectivity index (χ3n) is 2.96. The summed E-state index contributed by atoms with van der Waals surface area (Å²) in [5.41, 5.74) is 2.87. The molecular weight excluding hydrogens is 258 g/mol. The highest BCUT2D eigenvalue weighted by Gasteiger charge is 2.07. The first kappa shape index (κ1) is 11.9. The van der Waals surface area contributed by atoms with Gasteiger partial charge >= 0.3 is 0 Å². The van der Waals surface area contributed by atoms with Crippen molar-refractivity contribution in [2.75, 3.05) is 0 Å². The quantitative estimate of drug-likeness (QED) is 0.796. The van der Waals surface area contributed by atoms with Gasteiger partial charge in [0.15, 0.2) is 4.96 Å². The molecule has 0 aliphatic carbocycles. The highest BCUT2D eigenvalue weighted by atomic mass is 32.1. The first-order chi connectivity index (χ1) is 9.24. The lowest BCUT2D eigenvalue weighted by Gasteiger charge is -2.04. The zero-order chi connectivity index (χ0) is 13.2.